The number of amides is 1. The van der Waals surface area contributed by atoms with Crippen molar-refractivity contribution in [1.29, 1.82) is 0 Å². The van der Waals surface area contributed by atoms with Crippen LogP contribution >= 0.6 is 11.8 Å². The number of hydrogen-bond donors (Lipinski definition) is 1. The monoisotopic (exact) mass is 314 g/mol. The summed E-state index contributed by atoms with van der Waals surface area (Å²) in [6.45, 7) is 8.56. The highest BCUT2D eigenvalue weighted by atomic mass is 32.2. The van der Waals surface area contributed by atoms with Crippen molar-refractivity contribution in [3.05, 3.63) is 23.9 Å². The molecule has 112 valence electrons. The van der Waals surface area contributed by atoms with Gasteiger partial charge in [-0.1, -0.05) is 20.8 Å². The summed E-state index contributed by atoms with van der Waals surface area (Å²) in [4.78, 5) is 16.3. The number of nitrogens with zero attached hydrogens (tertiary/aromatic N) is 1. The van der Waals surface area contributed by atoms with Crippen LogP contribution < -0.4 is 5.32 Å². The lowest BCUT2D eigenvalue weighted by Crippen LogP contribution is -2.32. The molecule has 20 heavy (non-hydrogen) atoms. The summed E-state index contributed by atoms with van der Waals surface area (Å²) in [5.74, 6) is -0.152. The van der Waals surface area contributed by atoms with Crippen molar-refractivity contribution in [3.63, 3.8) is 0 Å². The second-order valence-electron chi connectivity index (χ2n) is 5.62. The molecule has 0 aromatic carbocycles. The van der Waals surface area contributed by atoms with Crippen molar-refractivity contribution in [1.82, 2.24) is 10.3 Å². The molecular formula is C14H22N2O2S2. The number of pyridine rings is 1. The van der Waals surface area contributed by atoms with E-state index in [1.807, 2.05) is 6.92 Å². The van der Waals surface area contributed by atoms with Crippen LogP contribution in [0.5, 0.6) is 0 Å². The number of carbonyl (C=O) groups excluding carboxylic acids is 1. The molecule has 0 unspecified atom stereocenters. The molecule has 1 aromatic heterocycles. The van der Waals surface area contributed by atoms with Crippen LogP contribution in [0.4, 0.5) is 0 Å². The molecule has 0 fully saturated rings. The zero-order chi connectivity index (χ0) is 15.3. The Morgan fingerprint density at radius 1 is 1.50 bits per heavy atom. The molecule has 1 N–H and O–H groups in total. The van der Waals surface area contributed by atoms with Gasteiger partial charge in [-0.05, 0) is 19.1 Å². The van der Waals surface area contributed by atoms with Crippen LogP contribution in [0.15, 0.2) is 23.4 Å². The van der Waals surface area contributed by atoms with Gasteiger partial charge < -0.3 is 5.32 Å². The molecule has 1 aromatic rings. The largest absolute Gasteiger partial charge is 0.351 e. The van der Waals surface area contributed by atoms with E-state index in [9.17, 15) is 9.00 Å². The average molecular weight is 314 g/mol. The van der Waals surface area contributed by atoms with Gasteiger partial charge in [-0.3, -0.25) is 9.00 Å². The van der Waals surface area contributed by atoms with Crippen LogP contribution in [0.2, 0.25) is 0 Å². The van der Waals surface area contributed by atoms with E-state index in [0.717, 1.165) is 5.03 Å². The van der Waals surface area contributed by atoms with Crippen molar-refractivity contribution < 1.29 is 9.00 Å². The number of rotatable bonds is 5. The Kier molecular flexibility index (Phi) is 6.20. The van der Waals surface area contributed by atoms with Gasteiger partial charge >= 0.3 is 0 Å². The van der Waals surface area contributed by atoms with Crippen molar-refractivity contribution >= 4 is 28.5 Å². The van der Waals surface area contributed by atoms with Gasteiger partial charge in [0.25, 0.3) is 5.91 Å². The Labute approximate surface area is 127 Å². The van der Waals surface area contributed by atoms with E-state index in [-0.39, 0.29) is 15.9 Å². The van der Waals surface area contributed by atoms with E-state index in [2.05, 4.69) is 31.1 Å². The van der Waals surface area contributed by atoms with Crippen LogP contribution in [-0.4, -0.2) is 37.9 Å². The quantitative estimate of drug-likeness (QED) is 0.848. The molecule has 0 bridgehead atoms. The Morgan fingerprint density at radius 2 is 2.15 bits per heavy atom. The topological polar surface area (TPSA) is 59.1 Å². The first-order valence-electron chi connectivity index (χ1n) is 6.44. The summed E-state index contributed by atoms with van der Waals surface area (Å²) in [5.41, 5.74) is 0.584. The Hall–Kier alpha value is -0.880. The van der Waals surface area contributed by atoms with Gasteiger partial charge in [0.2, 0.25) is 0 Å². The highest BCUT2D eigenvalue weighted by Gasteiger charge is 2.15. The highest BCUT2D eigenvalue weighted by Crippen LogP contribution is 2.30. The Bertz CT molecular complexity index is 498. The minimum atomic E-state index is -0.932. The van der Waals surface area contributed by atoms with Gasteiger partial charge in [0.1, 0.15) is 0 Å². The zero-order valence-corrected chi connectivity index (χ0v) is 14.2. The lowest BCUT2D eigenvalue weighted by atomic mass is 10.2. The molecule has 0 saturated heterocycles. The fraction of sp³-hybridized carbons (Fsp3) is 0.571. The molecule has 0 radical (unpaired) electrons. The summed E-state index contributed by atoms with van der Waals surface area (Å²) in [6.07, 6.45) is 3.28. The van der Waals surface area contributed by atoms with Gasteiger partial charge in [0.05, 0.1) is 5.03 Å². The van der Waals surface area contributed by atoms with Gasteiger partial charge in [0, 0.05) is 45.4 Å². The molecule has 0 saturated carbocycles. The SMILES string of the molecule is C[C@H](CNC(=O)c1ccnc(SC(C)(C)C)c1)[S@](C)=O. The number of carbonyl (C=O) groups is 1. The van der Waals surface area contributed by atoms with Crippen LogP contribution in [0, 0.1) is 0 Å². The van der Waals surface area contributed by atoms with Crippen molar-refractivity contribution in [2.45, 2.75) is 42.7 Å². The van der Waals surface area contributed by atoms with Crippen molar-refractivity contribution in [3.8, 4) is 0 Å². The van der Waals surface area contributed by atoms with Gasteiger partial charge in [-0.2, -0.15) is 0 Å². The third-order valence-electron chi connectivity index (χ3n) is 2.52. The summed E-state index contributed by atoms with van der Waals surface area (Å²) in [5, 5.41) is 3.58. The van der Waals surface area contributed by atoms with Crippen LogP contribution in [0.3, 0.4) is 0 Å². The minimum Gasteiger partial charge on any atom is -0.351 e. The summed E-state index contributed by atoms with van der Waals surface area (Å²) < 4.78 is 11.3. The first-order valence-corrected chi connectivity index (χ1v) is 8.88. The van der Waals surface area contributed by atoms with E-state index < -0.39 is 10.8 Å². The molecule has 2 atom stereocenters. The second-order valence-corrected chi connectivity index (χ2v) is 9.27. The molecule has 1 amide bonds. The predicted octanol–water partition coefficient (Wildman–Crippen LogP) is 2.47. The molecule has 0 aliphatic heterocycles. The maximum atomic E-state index is 12.0. The average Bonchev–Trinajstić information content (AvgIpc) is 2.33. The fourth-order valence-electron chi connectivity index (χ4n) is 1.38. The zero-order valence-electron chi connectivity index (χ0n) is 12.6. The van der Waals surface area contributed by atoms with Gasteiger partial charge in [-0.25, -0.2) is 4.98 Å². The third-order valence-corrected chi connectivity index (χ3v) is 4.87. The van der Waals surface area contributed by atoms with E-state index in [4.69, 9.17) is 0 Å². The number of aromatic nitrogens is 1. The number of thioether (sulfide) groups is 1. The third kappa shape index (κ3) is 6.05. The molecule has 1 rings (SSSR count). The summed E-state index contributed by atoms with van der Waals surface area (Å²) in [6, 6.07) is 3.48. The van der Waals surface area contributed by atoms with Crippen LogP contribution in [0.25, 0.3) is 0 Å². The molecular weight excluding hydrogens is 292 g/mol. The smallest absolute Gasteiger partial charge is 0.251 e. The lowest BCUT2D eigenvalue weighted by Gasteiger charge is -2.17. The predicted molar refractivity (Wildman–Crippen MR) is 85.7 cm³/mol. The fourth-order valence-corrected chi connectivity index (χ4v) is 2.62. The molecule has 0 aliphatic rings. The van der Waals surface area contributed by atoms with Crippen LogP contribution in [-0.2, 0) is 10.8 Å². The Morgan fingerprint density at radius 3 is 2.70 bits per heavy atom. The van der Waals surface area contributed by atoms with Gasteiger partial charge in [-0.15, -0.1) is 11.8 Å². The number of hydrogen-bond acceptors (Lipinski definition) is 4. The van der Waals surface area contributed by atoms with E-state index >= 15 is 0 Å². The maximum Gasteiger partial charge on any atom is 0.251 e. The normalized spacial score (nSPS) is 14.7. The Balaban J connectivity index is 2.69. The molecule has 4 nitrogen and oxygen atoms in total. The molecule has 1 heterocycles. The van der Waals surface area contributed by atoms with Crippen LogP contribution in [0.1, 0.15) is 38.1 Å². The maximum absolute atomic E-state index is 12.0. The standard InChI is InChI=1S/C14H22N2O2S2/c1-10(20(5)18)9-16-13(17)11-6-7-15-12(8-11)19-14(2,3)4/h6-8,10H,9H2,1-5H3,(H,16,17)/t10-,20+/m1/s1. The molecule has 0 spiro atoms. The molecule has 6 heteroatoms. The van der Waals surface area contributed by atoms with E-state index in [0.29, 0.717) is 12.1 Å². The second kappa shape index (κ2) is 7.22. The highest BCUT2D eigenvalue weighted by molar-refractivity contribution is 8.00. The lowest BCUT2D eigenvalue weighted by molar-refractivity contribution is 0.0953. The first kappa shape index (κ1) is 17.2. The first-order chi connectivity index (χ1) is 9.19. The van der Waals surface area contributed by atoms with E-state index in [1.165, 1.54) is 0 Å². The summed E-state index contributed by atoms with van der Waals surface area (Å²) in [7, 11) is -0.932. The van der Waals surface area contributed by atoms with E-state index in [1.54, 1.807) is 36.3 Å². The summed E-state index contributed by atoms with van der Waals surface area (Å²) >= 11 is 1.62. The number of nitrogens with one attached hydrogen (secondary N) is 1. The molecule has 0 aliphatic carbocycles. The van der Waals surface area contributed by atoms with Crippen molar-refractivity contribution in [2.75, 3.05) is 12.8 Å². The van der Waals surface area contributed by atoms with Crippen molar-refractivity contribution in [2.24, 2.45) is 0 Å². The van der Waals surface area contributed by atoms with Gasteiger partial charge in [0.15, 0.2) is 0 Å². The minimum absolute atomic E-state index is 0.0513.